The molecule has 134 valence electrons. The minimum atomic E-state index is -2.75. The summed E-state index contributed by atoms with van der Waals surface area (Å²) in [5.41, 5.74) is 0. The monoisotopic (exact) mass is 356 g/mol. The van der Waals surface area contributed by atoms with Crippen molar-refractivity contribution in [2.24, 2.45) is 0 Å². The van der Waals surface area contributed by atoms with Crippen molar-refractivity contribution in [3.63, 3.8) is 0 Å². The van der Waals surface area contributed by atoms with Crippen LogP contribution in [0.15, 0.2) is 0 Å². The van der Waals surface area contributed by atoms with Gasteiger partial charge < -0.3 is 0 Å². The fourth-order valence-electron chi connectivity index (χ4n) is 2.49. The second-order valence-electron chi connectivity index (χ2n) is 6.18. The van der Waals surface area contributed by atoms with Crippen molar-refractivity contribution in [1.29, 1.82) is 0 Å². The highest BCUT2D eigenvalue weighted by molar-refractivity contribution is 7.56. The first-order valence-electron chi connectivity index (χ1n) is 7.17. The van der Waals surface area contributed by atoms with Crippen LogP contribution in [0, 0.1) is 0 Å². The van der Waals surface area contributed by atoms with Crippen LogP contribution in [-0.2, 0) is 9.13 Å². The Morgan fingerprint density at radius 2 is 0.682 bits per heavy atom. The molecule has 0 fully saturated rings. The van der Waals surface area contributed by atoms with Gasteiger partial charge in [-0.1, -0.05) is 0 Å². The molecule has 0 aliphatic carbocycles. The molecular formula is C12H34N6O2P2. The molecule has 0 unspecified atom stereocenters. The van der Waals surface area contributed by atoms with Crippen molar-refractivity contribution in [2.75, 3.05) is 83.6 Å². The van der Waals surface area contributed by atoms with Gasteiger partial charge in [-0.25, -0.2) is 28.0 Å². The third kappa shape index (κ3) is 4.40. The van der Waals surface area contributed by atoms with Gasteiger partial charge in [0, 0.05) is 13.1 Å². The van der Waals surface area contributed by atoms with E-state index in [1.165, 1.54) is 0 Å². The molecule has 0 saturated carbocycles. The van der Waals surface area contributed by atoms with E-state index in [0.29, 0.717) is 13.1 Å². The Morgan fingerprint density at radius 1 is 0.500 bits per heavy atom. The normalized spacial score (nSPS) is 14.4. The van der Waals surface area contributed by atoms with Gasteiger partial charge in [-0.3, -0.25) is 9.13 Å². The van der Waals surface area contributed by atoms with E-state index in [-0.39, 0.29) is 0 Å². The maximum atomic E-state index is 13.1. The molecular weight excluding hydrogens is 322 g/mol. The van der Waals surface area contributed by atoms with Crippen molar-refractivity contribution in [1.82, 2.24) is 28.0 Å². The Hall–Kier alpha value is 0.220. The Morgan fingerprint density at radius 3 is 0.818 bits per heavy atom. The average molecular weight is 356 g/mol. The molecule has 0 heterocycles. The van der Waals surface area contributed by atoms with Crippen LogP contribution in [0.3, 0.4) is 0 Å². The lowest BCUT2D eigenvalue weighted by Crippen LogP contribution is -2.39. The van der Waals surface area contributed by atoms with E-state index in [2.05, 4.69) is 0 Å². The van der Waals surface area contributed by atoms with E-state index in [9.17, 15) is 9.13 Å². The van der Waals surface area contributed by atoms with Gasteiger partial charge in [-0.15, -0.1) is 0 Å². The van der Waals surface area contributed by atoms with Crippen LogP contribution in [0.25, 0.3) is 0 Å². The Labute approximate surface area is 136 Å². The van der Waals surface area contributed by atoms with E-state index in [4.69, 9.17) is 0 Å². The SMILES string of the molecule is CN(C)P(=O)(N(C)C)N(C)CCN(C)P(=O)(N(C)C)N(C)C. The third-order valence-electron chi connectivity index (χ3n) is 3.72. The molecule has 0 rings (SSSR count). The van der Waals surface area contributed by atoms with E-state index in [0.717, 1.165) is 0 Å². The summed E-state index contributed by atoms with van der Waals surface area (Å²) in [6, 6.07) is 0. The topological polar surface area (TPSA) is 53.6 Å². The first-order chi connectivity index (χ1) is 9.82. The molecule has 0 aromatic carbocycles. The zero-order chi connectivity index (χ0) is 17.9. The fourth-order valence-corrected chi connectivity index (χ4v) is 7.06. The highest BCUT2D eigenvalue weighted by atomic mass is 31.2. The van der Waals surface area contributed by atoms with Gasteiger partial charge in [0.2, 0.25) is 0 Å². The van der Waals surface area contributed by atoms with Crippen LogP contribution in [-0.4, -0.2) is 112 Å². The van der Waals surface area contributed by atoms with Crippen LogP contribution in [0.2, 0.25) is 0 Å². The van der Waals surface area contributed by atoms with Gasteiger partial charge in [-0.2, -0.15) is 0 Å². The standard InChI is InChI=1S/C12H34N6O2P2/c1-13(2)21(19,14(3)4)17(9)11-12-18(10)22(20,15(5)6)16(7)8/h11-12H2,1-10H3. The zero-order valence-electron chi connectivity index (χ0n) is 15.8. The molecule has 0 N–H and O–H groups in total. The number of nitrogens with zero attached hydrogens (tertiary/aromatic N) is 6. The maximum absolute atomic E-state index is 13.1. The summed E-state index contributed by atoms with van der Waals surface area (Å²) < 4.78 is 36.9. The first-order valence-corrected chi connectivity index (χ1v) is 10.3. The second kappa shape index (κ2) is 8.36. The zero-order valence-corrected chi connectivity index (χ0v) is 17.6. The van der Waals surface area contributed by atoms with Gasteiger partial charge in [0.15, 0.2) is 0 Å². The van der Waals surface area contributed by atoms with Gasteiger partial charge in [0.1, 0.15) is 0 Å². The molecule has 22 heavy (non-hydrogen) atoms. The smallest absolute Gasteiger partial charge is 0.270 e. The molecule has 0 aromatic heterocycles. The Bertz CT molecular complexity index is 377. The van der Waals surface area contributed by atoms with Crippen LogP contribution in [0.1, 0.15) is 0 Å². The van der Waals surface area contributed by atoms with Gasteiger partial charge in [0.25, 0.3) is 15.2 Å². The van der Waals surface area contributed by atoms with Gasteiger partial charge >= 0.3 is 0 Å². The van der Waals surface area contributed by atoms with E-state index in [1.807, 2.05) is 79.8 Å². The third-order valence-corrected chi connectivity index (χ3v) is 10.1. The summed E-state index contributed by atoms with van der Waals surface area (Å²) in [6.07, 6.45) is 0. The first kappa shape index (κ1) is 22.2. The van der Waals surface area contributed by atoms with Crippen molar-refractivity contribution < 1.29 is 9.13 Å². The highest BCUT2D eigenvalue weighted by Crippen LogP contribution is 2.54. The lowest BCUT2D eigenvalue weighted by Gasteiger charge is -2.40. The maximum Gasteiger partial charge on any atom is 0.285 e. The second-order valence-corrected chi connectivity index (χ2v) is 12.8. The summed E-state index contributed by atoms with van der Waals surface area (Å²) in [4.78, 5) is 0. The molecule has 0 aliphatic rings. The largest absolute Gasteiger partial charge is 0.285 e. The average Bonchev–Trinajstić information content (AvgIpc) is 2.40. The summed E-state index contributed by atoms with van der Waals surface area (Å²) in [5.74, 6) is 0. The number of hydrogen-bond donors (Lipinski definition) is 0. The van der Waals surface area contributed by atoms with E-state index >= 15 is 0 Å². The molecule has 8 nitrogen and oxygen atoms in total. The predicted octanol–water partition coefficient (Wildman–Crippen LogP) is 1.31. The minimum absolute atomic E-state index is 0.551. The molecule has 0 bridgehead atoms. The molecule has 0 radical (unpaired) electrons. The Kier molecular flexibility index (Phi) is 8.44. The highest BCUT2D eigenvalue weighted by Gasteiger charge is 2.36. The number of likely N-dealkylation sites (N-methyl/N-ethyl adjacent to an activating group) is 2. The number of hydrogen-bond acceptors (Lipinski definition) is 2. The molecule has 0 aliphatic heterocycles. The summed E-state index contributed by atoms with van der Waals surface area (Å²) in [7, 11) is 12.7. The summed E-state index contributed by atoms with van der Waals surface area (Å²) in [6.45, 7) is 1.10. The quantitative estimate of drug-likeness (QED) is 0.574. The van der Waals surface area contributed by atoms with Crippen LogP contribution < -0.4 is 0 Å². The van der Waals surface area contributed by atoms with Crippen molar-refractivity contribution in [3.05, 3.63) is 0 Å². The number of rotatable bonds is 9. The van der Waals surface area contributed by atoms with Crippen LogP contribution in [0.4, 0.5) is 0 Å². The predicted molar refractivity (Wildman–Crippen MR) is 95.2 cm³/mol. The van der Waals surface area contributed by atoms with Crippen molar-refractivity contribution in [3.8, 4) is 0 Å². The van der Waals surface area contributed by atoms with Crippen LogP contribution in [0.5, 0.6) is 0 Å². The summed E-state index contributed by atoms with van der Waals surface area (Å²) in [5, 5.41) is 0. The van der Waals surface area contributed by atoms with Gasteiger partial charge in [-0.05, 0) is 70.5 Å². The molecule has 0 amide bonds. The molecule has 10 heteroatoms. The summed E-state index contributed by atoms with van der Waals surface area (Å²) >= 11 is 0. The molecule has 0 aromatic rings. The lowest BCUT2D eigenvalue weighted by molar-refractivity contribution is 0.317. The van der Waals surface area contributed by atoms with E-state index in [1.54, 1.807) is 18.7 Å². The molecule has 0 atom stereocenters. The molecule has 0 saturated heterocycles. The lowest BCUT2D eigenvalue weighted by atomic mass is 10.6. The molecule has 0 spiro atoms. The van der Waals surface area contributed by atoms with Crippen molar-refractivity contribution in [2.45, 2.75) is 0 Å². The van der Waals surface area contributed by atoms with E-state index < -0.39 is 15.2 Å². The Balaban J connectivity index is 5.08. The van der Waals surface area contributed by atoms with Gasteiger partial charge in [0.05, 0.1) is 0 Å². The van der Waals surface area contributed by atoms with Crippen LogP contribution >= 0.6 is 15.2 Å². The minimum Gasteiger partial charge on any atom is -0.270 e. The fraction of sp³-hybridized carbons (Fsp3) is 1.00. The van der Waals surface area contributed by atoms with Crippen molar-refractivity contribution >= 4 is 15.2 Å².